The maximum atomic E-state index is 13.0. The molecule has 0 N–H and O–H groups in total. The largest absolute Gasteiger partial charge is 0.444 e. The molecule has 110 valence electrons. The van der Waals surface area contributed by atoms with Gasteiger partial charge in [-0.25, -0.2) is 9.18 Å². The first-order valence-electron chi connectivity index (χ1n) is 7.08. The highest BCUT2D eigenvalue weighted by Crippen LogP contribution is 2.27. The van der Waals surface area contributed by atoms with Crippen LogP contribution in [0.1, 0.15) is 45.1 Å². The third-order valence-electron chi connectivity index (χ3n) is 3.41. The van der Waals surface area contributed by atoms with Gasteiger partial charge in [-0.3, -0.25) is 0 Å². The second-order valence-corrected chi connectivity index (χ2v) is 6.32. The molecule has 1 saturated heterocycles. The average molecular weight is 279 g/mol. The number of carbonyl (C=O) groups is 1. The van der Waals surface area contributed by atoms with Crippen LogP contribution >= 0.6 is 0 Å². The van der Waals surface area contributed by atoms with Crippen molar-refractivity contribution < 1.29 is 13.9 Å². The number of nitrogens with zero attached hydrogens (tertiary/aromatic N) is 1. The Hall–Kier alpha value is -1.58. The van der Waals surface area contributed by atoms with Gasteiger partial charge in [0.1, 0.15) is 11.4 Å². The number of hydrogen-bond acceptors (Lipinski definition) is 2. The first kappa shape index (κ1) is 14.8. The van der Waals surface area contributed by atoms with Gasteiger partial charge in [-0.1, -0.05) is 12.1 Å². The molecule has 0 aromatic heterocycles. The average Bonchev–Trinajstić information content (AvgIpc) is 2.38. The van der Waals surface area contributed by atoms with E-state index >= 15 is 0 Å². The second kappa shape index (κ2) is 5.81. The third-order valence-corrected chi connectivity index (χ3v) is 3.41. The maximum Gasteiger partial charge on any atom is 0.410 e. The zero-order chi connectivity index (χ0) is 14.8. The maximum absolute atomic E-state index is 13.0. The first-order chi connectivity index (χ1) is 9.35. The molecule has 1 fully saturated rings. The highest BCUT2D eigenvalue weighted by atomic mass is 19.1. The number of carbonyl (C=O) groups excluding carboxylic acids is 1. The second-order valence-electron chi connectivity index (χ2n) is 6.32. The van der Waals surface area contributed by atoms with E-state index in [4.69, 9.17) is 4.74 Å². The summed E-state index contributed by atoms with van der Waals surface area (Å²) in [7, 11) is 0. The fraction of sp³-hybridized carbons (Fsp3) is 0.562. The number of ether oxygens (including phenoxy) is 1. The molecule has 3 nitrogen and oxygen atoms in total. The SMILES string of the molecule is CC(C)(C)OC(=O)N1CCC[C@H](c2ccc(F)cc2)C1. The van der Waals surface area contributed by atoms with Crippen molar-refractivity contribution in [3.8, 4) is 0 Å². The Bertz CT molecular complexity index is 464. The summed E-state index contributed by atoms with van der Waals surface area (Å²) in [6.07, 6.45) is 1.70. The molecule has 0 saturated carbocycles. The number of rotatable bonds is 1. The van der Waals surface area contributed by atoms with Crippen LogP contribution in [0.5, 0.6) is 0 Å². The van der Waals surface area contributed by atoms with E-state index in [0.717, 1.165) is 24.9 Å². The Kier molecular flexibility index (Phi) is 4.31. The number of amides is 1. The smallest absolute Gasteiger partial charge is 0.410 e. The molecule has 4 heteroatoms. The summed E-state index contributed by atoms with van der Waals surface area (Å²) in [6.45, 7) is 6.97. The molecule has 0 radical (unpaired) electrons. The Labute approximate surface area is 119 Å². The van der Waals surface area contributed by atoms with Gasteiger partial charge in [0.05, 0.1) is 0 Å². The van der Waals surface area contributed by atoms with E-state index in [1.165, 1.54) is 12.1 Å². The fourth-order valence-electron chi connectivity index (χ4n) is 2.48. The van der Waals surface area contributed by atoms with Crippen LogP contribution in [-0.4, -0.2) is 29.7 Å². The number of hydrogen-bond donors (Lipinski definition) is 0. The van der Waals surface area contributed by atoms with Gasteiger partial charge in [-0.15, -0.1) is 0 Å². The van der Waals surface area contributed by atoms with Gasteiger partial charge in [0.25, 0.3) is 0 Å². The summed E-state index contributed by atoms with van der Waals surface area (Å²) >= 11 is 0. The monoisotopic (exact) mass is 279 g/mol. The van der Waals surface area contributed by atoms with Gasteiger partial charge in [0.2, 0.25) is 0 Å². The molecule has 2 rings (SSSR count). The third kappa shape index (κ3) is 3.95. The quantitative estimate of drug-likeness (QED) is 0.779. The van der Waals surface area contributed by atoms with Gasteiger partial charge in [-0.2, -0.15) is 0 Å². The van der Waals surface area contributed by atoms with Crippen molar-refractivity contribution in [3.05, 3.63) is 35.6 Å². The molecular weight excluding hydrogens is 257 g/mol. The highest BCUT2D eigenvalue weighted by Gasteiger charge is 2.28. The van der Waals surface area contributed by atoms with Crippen LogP contribution in [0.3, 0.4) is 0 Å². The Morgan fingerprint density at radius 1 is 1.30 bits per heavy atom. The lowest BCUT2D eigenvalue weighted by Gasteiger charge is -2.34. The molecular formula is C16H22FNO2. The summed E-state index contributed by atoms with van der Waals surface area (Å²) in [5, 5.41) is 0. The van der Waals surface area contributed by atoms with Crippen molar-refractivity contribution in [2.75, 3.05) is 13.1 Å². The van der Waals surface area contributed by atoms with Crippen LogP contribution in [-0.2, 0) is 4.74 Å². The first-order valence-corrected chi connectivity index (χ1v) is 7.08. The summed E-state index contributed by atoms with van der Waals surface area (Å²) in [5.74, 6) is 0.0328. The minimum absolute atomic E-state index is 0.228. The van der Waals surface area contributed by atoms with Crippen LogP contribution in [0.15, 0.2) is 24.3 Å². The Morgan fingerprint density at radius 2 is 1.95 bits per heavy atom. The van der Waals surface area contributed by atoms with E-state index in [1.807, 2.05) is 20.8 Å². The predicted octanol–water partition coefficient (Wildman–Crippen LogP) is 3.94. The molecule has 1 amide bonds. The molecule has 1 aromatic carbocycles. The van der Waals surface area contributed by atoms with Crippen molar-refractivity contribution in [1.29, 1.82) is 0 Å². The van der Waals surface area contributed by atoms with E-state index in [9.17, 15) is 9.18 Å². The van der Waals surface area contributed by atoms with Gasteiger partial charge < -0.3 is 9.64 Å². The van der Waals surface area contributed by atoms with Crippen LogP contribution in [0.2, 0.25) is 0 Å². The van der Waals surface area contributed by atoms with Gasteiger partial charge in [0, 0.05) is 19.0 Å². The lowest BCUT2D eigenvalue weighted by Crippen LogP contribution is -2.42. The zero-order valence-corrected chi connectivity index (χ0v) is 12.4. The van der Waals surface area contributed by atoms with Crippen LogP contribution in [0.4, 0.5) is 9.18 Å². The van der Waals surface area contributed by atoms with Crippen LogP contribution < -0.4 is 0 Å². The van der Waals surface area contributed by atoms with E-state index in [2.05, 4.69) is 0 Å². The molecule has 0 aliphatic carbocycles. The number of piperidine rings is 1. The molecule has 1 aliphatic heterocycles. The molecule has 0 spiro atoms. The van der Waals surface area contributed by atoms with Gasteiger partial charge in [-0.05, 0) is 51.3 Å². The zero-order valence-electron chi connectivity index (χ0n) is 12.4. The molecule has 1 heterocycles. The van der Waals surface area contributed by atoms with Crippen molar-refractivity contribution in [3.63, 3.8) is 0 Å². The lowest BCUT2D eigenvalue weighted by molar-refractivity contribution is 0.0198. The number of benzene rings is 1. The summed E-state index contributed by atoms with van der Waals surface area (Å²) in [6, 6.07) is 6.56. The lowest BCUT2D eigenvalue weighted by atomic mass is 9.91. The Morgan fingerprint density at radius 3 is 2.55 bits per heavy atom. The molecule has 20 heavy (non-hydrogen) atoms. The van der Waals surface area contributed by atoms with E-state index < -0.39 is 5.60 Å². The number of halogens is 1. The van der Waals surface area contributed by atoms with Gasteiger partial charge in [0.15, 0.2) is 0 Å². The van der Waals surface area contributed by atoms with Crippen molar-refractivity contribution in [2.24, 2.45) is 0 Å². The highest BCUT2D eigenvalue weighted by molar-refractivity contribution is 5.68. The number of likely N-dealkylation sites (tertiary alicyclic amines) is 1. The molecule has 1 atom stereocenters. The summed E-state index contributed by atoms with van der Waals surface area (Å²) < 4.78 is 18.4. The fourth-order valence-corrected chi connectivity index (χ4v) is 2.48. The standard InChI is InChI=1S/C16H22FNO2/c1-16(2,3)20-15(19)18-10-4-5-13(11-18)12-6-8-14(17)9-7-12/h6-9,13H,4-5,10-11H2,1-3H3/t13-/m0/s1. The molecule has 0 unspecified atom stereocenters. The minimum Gasteiger partial charge on any atom is -0.444 e. The predicted molar refractivity (Wildman–Crippen MR) is 76.2 cm³/mol. The topological polar surface area (TPSA) is 29.5 Å². The molecule has 1 aromatic rings. The Balaban J connectivity index is 2.01. The van der Waals surface area contributed by atoms with E-state index in [0.29, 0.717) is 6.54 Å². The normalized spacial score (nSPS) is 19.8. The van der Waals surface area contributed by atoms with Crippen molar-refractivity contribution >= 4 is 6.09 Å². The van der Waals surface area contributed by atoms with Gasteiger partial charge >= 0.3 is 6.09 Å². The van der Waals surface area contributed by atoms with Crippen LogP contribution in [0, 0.1) is 5.82 Å². The van der Waals surface area contributed by atoms with E-state index in [1.54, 1.807) is 17.0 Å². The van der Waals surface area contributed by atoms with E-state index in [-0.39, 0.29) is 17.8 Å². The summed E-state index contributed by atoms with van der Waals surface area (Å²) in [4.78, 5) is 13.8. The molecule has 0 bridgehead atoms. The minimum atomic E-state index is -0.472. The van der Waals surface area contributed by atoms with Crippen molar-refractivity contribution in [1.82, 2.24) is 4.90 Å². The van der Waals surface area contributed by atoms with Crippen molar-refractivity contribution in [2.45, 2.75) is 45.1 Å². The van der Waals surface area contributed by atoms with Crippen LogP contribution in [0.25, 0.3) is 0 Å². The summed E-state index contributed by atoms with van der Waals surface area (Å²) in [5.41, 5.74) is 0.611. The molecule has 1 aliphatic rings.